The number of anilines is 3. The maximum absolute atomic E-state index is 6.67. The molecule has 0 aliphatic heterocycles. The van der Waals surface area contributed by atoms with Crippen LogP contribution in [0.1, 0.15) is 0 Å². The quantitative estimate of drug-likeness (QED) is 0.204. The highest BCUT2D eigenvalue weighted by atomic mass is 16.3. The molecule has 0 fully saturated rings. The highest BCUT2D eigenvalue weighted by molar-refractivity contribution is 6.15. The minimum Gasteiger partial charge on any atom is -0.454 e. The van der Waals surface area contributed by atoms with Gasteiger partial charge in [0.25, 0.3) is 0 Å². The second-order valence-corrected chi connectivity index (χ2v) is 11.2. The van der Waals surface area contributed by atoms with E-state index in [-0.39, 0.29) is 0 Å². The Labute approximate surface area is 259 Å². The molecule has 0 spiro atoms. The summed E-state index contributed by atoms with van der Waals surface area (Å²) in [4.78, 5) is 7.06. The fourth-order valence-electron chi connectivity index (χ4n) is 6.35. The summed E-state index contributed by atoms with van der Waals surface area (Å²) in [6.45, 7) is 0. The van der Waals surface area contributed by atoms with Crippen molar-refractivity contribution in [1.29, 1.82) is 0 Å². The number of aromatic nitrogens is 1. The predicted molar refractivity (Wildman–Crippen MR) is 184 cm³/mol. The van der Waals surface area contributed by atoms with Gasteiger partial charge < -0.3 is 13.7 Å². The van der Waals surface area contributed by atoms with Gasteiger partial charge >= 0.3 is 0 Å². The van der Waals surface area contributed by atoms with Crippen LogP contribution < -0.4 is 4.90 Å². The summed E-state index contributed by atoms with van der Waals surface area (Å²) < 4.78 is 12.9. The van der Waals surface area contributed by atoms with Crippen molar-refractivity contribution in [2.45, 2.75) is 0 Å². The van der Waals surface area contributed by atoms with Crippen LogP contribution in [0.25, 0.3) is 66.4 Å². The molecule has 4 heteroatoms. The number of hydrogen-bond donors (Lipinski definition) is 0. The van der Waals surface area contributed by atoms with Gasteiger partial charge in [-0.25, -0.2) is 4.98 Å². The van der Waals surface area contributed by atoms with Crippen LogP contribution in [0.5, 0.6) is 0 Å². The average molecular weight is 579 g/mol. The topological polar surface area (TPSA) is 42.4 Å². The molecular weight excluding hydrogens is 552 g/mol. The first-order valence-corrected chi connectivity index (χ1v) is 15.0. The monoisotopic (exact) mass is 578 g/mol. The second kappa shape index (κ2) is 10.2. The van der Waals surface area contributed by atoms with Gasteiger partial charge in [-0.1, -0.05) is 97.1 Å². The van der Waals surface area contributed by atoms with Gasteiger partial charge in [-0.3, -0.25) is 0 Å². The van der Waals surface area contributed by atoms with Gasteiger partial charge in [0, 0.05) is 27.7 Å². The molecule has 9 rings (SSSR count). The van der Waals surface area contributed by atoms with E-state index in [2.05, 4.69) is 120 Å². The van der Waals surface area contributed by atoms with Crippen LogP contribution in [-0.4, -0.2) is 4.98 Å². The van der Waals surface area contributed by atoms with Crippen LogP contribution in [0, 0.1) is 0 Å². The molecular formula is C41H26N2O2. The van der Waals surface area contributed by atoms with E-state index < -0.39 is 0 Å². The lowest BCUT2D eigenvalue weighted by molar-refractivity contribution is 0.620. The number of oxazole rings is 1. The molecule has 0 saturated heterocycles. The second-order valence-electron chi connectivity index (χ2n) is 11.2. The fraction of sp³-hybridized carbons (Fsp3) is 0. The van der Waals surface area contributed by atoms with Crippen molar-refractivity contribution in [3.63, 3.8) is 0 Å². The molecule has 9 aromatic rings. The standard InChI is InChI=1S/C41H26N2O2/c1-2-12-31(13-3-1)43(32-24-22-28(23-25-32)30-21-20-27-10-4-5-11-29(27)26-30)36-17-8-14-33-39-34(15-9-19-38(39)44-40(33)36)41-42-35-16-6-7-18-37(35)45-41/h1-26H. The molecule has 0 atom stereocenters. The fourth-order valence-corrected chi connectivity index (χ4v) is 6.35. The third-order valence-electron chi connectivity index (χ3n) is 8.49. The molecule has 0 N–H and O–H groups in total. The van der Waals surface area contributed by atoms with Gasteiger partial charge in [-0.05, 0) is 82.6 Å². The van der Waals surface area contributed by atoms with Crippen molar-refractivity contribution in [2.75, 3.05) is 4.90 Å². The SMILES string of the molecule is c1ccc(N(c2ccc(-c3ccc4ccccc4c3)cc2)c2cccc3c2oc2cccc(-c4nc5ccccc5o4)c23)cc1. The van der Waals surface area contributed by atoms with E-state index in [0.717, 1.165) is 55.7 Å². The highest BCUT2D eigenvalue weighted by Gasteiger charge is 2.22. The summed E-state index contributed by atoms with van der Waals surface area (Å²) >= 11 is 0. The summed E-state index contributed by atoms with van der Waals surface area (Å²) in [5.74, 6) is 0.582. The minimum atomic E-state index is 0.582. The summed E-state index contributed by atoms with van der Waals surface area (Å²) in [5.41, 5.74) is 9.50. The Hall–Kier alpha value is -6.13. The lowest BCUT2D eigenvalue weighted by Gasteiger charge is -2.25. The molecule has 212 valence electrons. The van der Waals surface area contributed by atoms with Gasteiger partial charge in [-0.15, -0.1) is 0 Å². The van der Waals surface area contributed by atoms with Crippen LogP contribution in [0.2, 0.25) is 0 Å². The Morgan fingerprint density at radius 1 is 0.489 bits per heavy atom. The number of para-hydroxylation sites is 4. The van der Waals surface area contributed by atoms with Gasteiger partial charge in [0.2, 0.25) is 5.89 Å². The van der Waals surface area contributed by atoms with Crippen molar-refractivity contribution in [3.8, 4) is 22.6 Å². The van der Waals surface area contributed by atoms with Gasteiger partial charge in [0.15, 0.2) is 11.2 Å². The molecule has 0 amide bonds. The van der Waals surface area contributed by atoms with E-state index in [1.54, 1.807) is 0 Å². The van der Waals surface area contributed by atoms with Crippen LogP contribution in [0.3, 0.4) is 0 Å². The first-order chi connectivity index (χ1) is 22.3. The highest BCUT2D eigenvalue weighted by Crippen LogP contribution is 2.44. The molecule has 0 bridgehead atoms. The lowest BCUT2D eigenvalue weighted by Crippen LogP contribution is -2.10. The molecule has 2 aromatic heterocycles. The normalized spacial score (nSPS) is 11.6. The lowest BCUT2D eigenvalue weighted by atomic mass is 10.0. The Balaban J connectivity index is 1.20. The van der Waals surface area contributed by atoms with E-state index in [1.807, 2.05) is 42.5 Å². The number of furan rings is 1. The Morgan fingerprint density at radius 3 is 2.07 bits per heavy atom. The zero-order valence-electron chi connectivity index (χ0n) is 24.2. The van der Waals surface area contributed by atoms with Gasteiger partial charge in [-0.2, -0.15) is 0 Å². The number of rotatable bonds is 5. The van der Waals surface area contributed by atoms with Crippen LogP contribution in [0.4, 0.5) is 17.1 Å². The summed E-state index contributed by atoms with van der Waals surface area (Å²) in [5, 5.41) is 4.47. The maximum atomic E-state index is 6.67. The van der Waals surface area contributed by atoms with Crippen molar-refractivity contribution >= 4 is 60.9 Å². The van der Waals surface area contributed by atoms with Gasteiger partial charge in [0.05, 0.1) is 5.69 Å². The van der Waals surface area contributed by atoms with Gasteiger partial charge in [0.1, 0.15) is 11.1 Å². The molecule has 2 heterocycles. The molecule has 45 heavy (non-hydrogen) atoms. The molecule has 0 saturated carbocycles. The van der Waals surface area contributed by atoms with E-state index in [0.29, 0.717) is 5.89 Å². The van der Waals surface area contributed by atoms with E-state index >= 15 is 0 Å². The predicted octanol–water partition coefficient (Wildman–Crippen LogP) is 11.7. The molecule has 0 aliphatic carbocycles. The molecule has 4 nitrogen and oxygen atoms in total. The molecule has 0 aliphatic rings. The first-order valence-electron chi connectivity index (χ1n) is 15.0. The summed E-state index contributed by atoms with van der Waals surface area (Å²) in [7, 11) is 0. The van der Waals surface area contributed by atoms with Crippen molar-refractivity contribution in [2.24, 2.45) is 0 Å². The summed E-state index contributed by atoms with van der Waals surface area (Å²) in [6.07, 6.45) is 0. The average Bonchev–Trinajstić information content (AvgIpc) is 3.71. The van der Waals surface area contributed by atoms with Crippen LogP contribution >= 0.6 is 0 Å². The van der Waals surface area contributed by atoms with Crippen molar-refractivity contribution in [3.05, 3.63) is 158 Å². The van der Waals surface area contributed by atoms with Crippen LogP contribution in [-0.2, 0) is 0 Å². The summed E-state index contributed by atoms with van der Waals surface area (Å²) in [6, 6.07) is 54.5. The third-order valence-corrected chi connectivity index (χ3v) is 8.49. The Bertz CT molecular complexity index is 2460. The molecule has 0 radical (unpaired) electrons. The van der Waals surface area contributed by atoms with Crippen molar-refractivity contribution in [1.82, 2.24) is 4.98 Å². The number of hydrogen-bond acceptors (Lipinski definition) is 4. The van der Waals surface area contributed by atoms with E-state index in [4.69, 9.17) is 13.8 Å². The number of nitrogens with zero attached hydrogens (tertiary/aromatic N) is 2. The van der Waals surface area contributed by atoms with Crippen LogP contribution in [0.15, 0.2) is 167 Å². The molecule has 7 aromatic carbocycles. The zero-order valence-corrected chi connectivity index (χ0v) is 24.2. The third kappa shape index (κ3) is 4.27. The van der Waals surface area contributed by atoms with E-state index in [9.17, 15) is 0 Å². The first kappa shape index (κ1) is 25.4. The Kier molecular flexibility index (Phi) is 5.78. The van der Waals surface area contributed by atoms with E-state index in [1.165, 1.54) is 21.9 Å². The maximum Gasteiger partial charge on any atom is 0.228 e. The smallest absolute Gasteiger partial charge is 0.228 e. The minimum absolute atomic E-state index is 0.582. The Morgan fingerprint density at radius 2 is 1.20 bits per heavy atom. The molecule has 0 unspecified atom stereocenters. The zero-order chi connectivity index (χ0) is 29.7. The number of fused-ring (bicyclic) bond motifs is 5. The van der Waals surface area contributed by atoms with Crippen molar-refractivity contribution < 1.29 is 8.83 Å². The number of benzene rings is 7. The largest absolute Gasteiger partial charge is 0.454 e.